The number of nitro groups is 1. The Morgan fingerprint density at radius 1 is 0.386 bits per heavy atom. The molecule has 9 rings (SSSR count). The zero-order valence-electron chi connectivity index (χ0n) is 90.7. The monoisotopic (exact) mass is 2170 g/mol. The molecule has 127 heavy (non-hydrogen) atoms. The molecule has 4 N–H and O–H groups in total. The summed E-state index contributed by atoms with van der Waals surface area (Å²) < 4.78 is 1.13. The molecule has 4 unspecified atom stereocenters. The minimum atomic E-state index is -0.396. The molecule has 0 heterocycles. The van der Waals surface area contributed by atoms with Crippen molar-refractivity contribution in [2.75, 3.05) is 14.1 Å². The van der Waals surface area contributed by atoms with Crippen molar-refractivity contribution >= 4 is 34.1 Å². The molecule has 0 bridgehead atoms. The number of aldehydes is 1. The number of ketones is 1. The third-order valence-electron chi connectivity index (χ3n) is 12.3. The summed E-state index contributed by atoms with van der Waals surface area (Å²) in [4.78, 5) is 30.5. The van der Waals surface area contributed by atoms with Crippen LogP contribution in [0.15, 0.2) is 295 Å². The van der Waals surface area contributed by atoms with Crippen molar-refractivity contribution in [1.82, 2.24) is 5.32 Å². The van der Waals surface area contributed by atoms with E-state index in [1.807, 2.05) is 448 Å². The summed E-state index contributed by atoms with van der Waals surface area (Å²) in [5.74, 6) is 0.214. The molecule has 0 aliphatic heterocycles. The van der Waals surface area contributed by atoms with Crippen LogP contribution in [0.5, 0.6) is 0 Å². The number of Topliss-reactive ketones (excluding diaryl/α,β-unsaturated/α-hetero) is 1. The zero-order chi connectivity index (χ0) is 102. The fourth-order valence-corrected chi connectivity index (χ4v) is 7.99. The summed E-state index contributed by atoms with van der Waals surface area (Å²) in [6.45, 7) is 89.2. The van der Waals surface area contributed by atoms with E-state index in [0.717, 1.165) is 59.6 Å². The van der Waals surface area contributed by atoms with Gasteiger partial charge in [-0.15, -0.1) is 12.1 Å². The van der Waals surface area contributed by atoms with Crippen molar-refractivity contribution in [3.05, 3.63) is 361 Å². The van der Waals surface area contributed by atoms with E-state index in [0.29, 0.717) is 18.5 Å². The molecule has 0 aliphatic carbocycles. The number of benzene rings is 9. The minimum absolute atomic E-state index is 0. The van der Waals surface area contributed by atoms with Gasteiger partial charge in [0.15, 0.2) is 0 Å². The molecule has 0 fully saturated rings. The minimum Gasteiger partial charge on any atom is -0.675 e. The number of halogens is 1. The van der Waals surface area contributed by atoms with E-state index in [4.69, 9.17) is 11.5 Å². The van der Waals surface area contributed by atoms with Crippen molar-refractivity contribution in [3.8, 4) is 0 Å². The number of rotatable bonds is 17. The number of nitrogens with zero attached hydrogens (tertiary/aromatic N) is 2. The molecule has 0 aliphatic rings. The van der Waals surface area contributed by atoms with Crippen LogP contribution in [0.2, 0.25) is 0 Å². The number of nitrogens with one attached hydrogen (secondary N) is 2. The number of carbonyl (C=O) groups is 2. The summed E-state index contributed by atoms with van der Waals surface area (Å²) >= 11 is 3.31. The number of hydrogen-bond donors (Lipinski definition) is 2. The molecule has 9 aromatic rings. The Hall–Kier alpha value is -7.10. The van der Waals surface area contributed by atoms with Crippen LogP contribution in [-0.4, -0.2) is 55.3 Å². The van der Waals surface area contributed by atoms with E-state index in [1.54, 1.807) is 25.1 Å². The summed E-state index contributed by atoms with van der Waals surface area (Å²) in [5.41, 5.74) is 23.7. The van der Waals surface area contributed by atoms with Gasteiger partial charge < -0.3 is 22.1 Å². The summed E-state index contributed by atoms with van der Waals surface area (Å²) in [5, 5.41) is 17.6. The largest absolute Gasteiger partial charge is 0.675 e. The maximum atomic E-state index is 10.6. The predicted octanol–water partition coefficient (Wildman–Crippen LogP) is 38.1. The van der Waals surface area contributed by atoms with Crippen LogP contribution in [0.3, 0.4) is 0 Å². The molecule has 0 amide bonds. The van der Waals surface area contributed by atoms with E-state index in [1.165, 1.54) is 40.3 Å². The fourth-order valence-electron chi connectivity index (χ4n) is 7.69. The Balaban J connectivity index is -0.0000000538. The molecule has 9 nitrogen and oxygen atoms in total. The number of hydrogen-bond acceptors (Lipinski definition) is 6. The van der Waals surface area contributed by atoms with Crippen LogP contribution in [-0.2, 0) is 85.5 Å². The number of carbonyl (C=O) groups excluding carboxylic acids is 2. The van der Waals surface area contributed by atoms with Crippen LogP contribution in [0.25, 0.3) is 17.1 Å². The first-order valence-electron chi connectivity index (χ1n) is 48.0. The van der Waals surface area contributed by atoms with Gasteiger partial charge in [-0.3, -0.25) is 19.7 Å². The fraction of sp³-hybridized carbons (Fsp3) is 0.478. The Bertz CT molecular complexity index is 3040. The van der Waals surface area contributed by atoms with Crippen LogP contribution >= 0.6 is 15.9 Å². The molecule has 0 saturated heterocycles. The predicted molar refractivity (Wildman–Crippen MR) is 588 cm³/mol. The second-order valence-electron chi connectivity index (χ2n) is 21.2. The first-order valence-corrected chi connectivity index (χ1v) is 48.8. The molecule has 734 valence electrons. The topological polar surface area (TPSA) is 153 Å². The van der Waals surface area contributed by atoms with Crippen molar-refractivity contribution < 1.29 is 56.6 Å². The summed E-state index contributed by atoms with van der Waals surface area (Å²) in [6.07, 6.45) is 7.93. The molecule has 0 radical (unpaired) electrons. The smallest absolute Gasteiger partial charge is 0.243 e. The van der Waals surface area contributed by atoms with Crippen molar-refractivity contribution in [2.45, 2.75) is 360 Å². The van der Waals surface area contributed by atoms with Gasteiger partial charge in [0.1, 0.15) is 12.1 Å². The standard InChI is InChI=1S/C10H15N.C10H14N.C10H12.C9H9NO2.C9H13N.C9H12N.C9H10O.C7H6O.C6H5Br.18C2H6.2W/c2*1-9(11-2)8-10-6-4-3-5-7-10;1-9(2)8-10-6-4-3-5-7-10;1-8(10(11)12)7-9-5-3-2-4-6-9;3*1-8(10)7-9-5-3-2-4-6-9;8-6-7-4-2-1-3-5-7;7-6-4-2-1-3-5-6;18*1-2;;/h3-7,9,11H,8H2,1-2H3;3-7,9H,8H2,1-2H3;3-7H,1,8H2,2H3;2-7H,1H3;2-6,8H,7,10H2,1H3;2-6,8,10H,7H2,1H3;2-6H,7H2,1H3;1-6H;1-5H;18*1-2H3;;/q;-1;;;;-1;;;;;;;;;;;;;;;;;;;;;;;/b;;;8-7+;;;;;;;;;;;;;;;;;;;;;;;;;. The van der Waals surface area contributed by atoms with E-state index in [9.17, 15) is 19.7 Å². The second-order valence-corrected chi connectivity index (χ2v) is 22.1. The molecule has 9 aromatic carbocycles. The number of likely N-dealkylation sites (N-methyl/N-ethyl adjacent to an activating group) is 2. The van der Waals surface area contributed by atoms with Crippen LogP contribution in [0.1, 0.15) is 347 Å². The van der Waals surface area contributed by atoms with E-state index in [2.05, 4.69) is 144 Å². The van der Waals surface area contributed by atoms with Gasteiger partial charge in [0.2, 0.25) is 5.70 Å². The molecule has 0 aromatic heterocycles. The maximum absolute atomic E-state index is 10.6. The van der Waals surface area contributed by atoms with Crippen molar-refractivity contribution in [1.29, 1.82) is 0 Å². The maximum Gasteiger partial charge on any atom is 0.243 e. The van der Waals surface area contributed by atoms with Gasteiger partial charge in [-0.1, -0.05) is 552 Å². The number of allylic oxidation sites excluding steroid dienone is 2. The van der Waals surface area contributed by atoms with E-state index >= 15 is 0 Å². The molecule has 12 heteroatoms. The van der Waals surface area contributed by atoms with E-state index in [-0.39, 0.29) is 65.7 Å². The zero-order valence-corrected chi connectivity index (χ0v) is 98.1. The Morgan fingerprint density at radius 2 is 0.606 bits per heavy atom. The number of nitrogens with two attached hydrogens (primary N) is 1. The van der Waals surface area contributed by atoms with Gasteiger partial charge in [-0.05, 0) is 118 Å². The van der Waals surface area contributed by atoms with Gasteiger partial charge in [-0.25, -0.2) is 0 Å². The third kappa shape index (κ3) is 153. The first kappa shape index (κ1) is 170. The Kier molecular flexibility index (Phi) is 226. The molecule has 4 atom stereocenters. The SMILES string of the molecule is Brc1ccccc1.C/C(=C\c1ccccc1)[N+](=O)[O-].C=C(C)Cc1ccccc1.CC.CC.CC.CC.CC.CC.CC.CC.CC.CC.CC.CC.CC.CC.CC.CC.CC.CC.CC(=O)Cc1ccccc1.CC(N)Cc1ccccc1.CC([NH-])Cc1ccccc1.CNC(C)Cc1ccccc1.C[N-]C(C)Cc1ccccc1.O=Cc1ccccc1.[W].[W]. The van der Waals surface area contributed by atoms with Gasteiger partial charge in [0.25, 0.3) is 0 Å². The van der Waals surface area contributed by atoms with Crippen LogP contribution in [0.4, 0.5) is 0 Å². The molecule has 0 saturated carbocycles. The van der Waals surface area contributed by atoms with Gasteiger partial charge in [-0.2, -0.15) is 7.05 Å². The second kappa shape index (κ2) is 169. The quantitative estimate of drug-likeness (QED) is 0.0401. The Labute approximate surface area is 830 Å². The normalized spacial score (nSPS) is 8.68. The van der Waals surface area contributed by atoms with Crippen molar-refractivity contribution in [3.63, 3.8) is 0 Å². The van der Waals surface area contributed by atoms with Crippen LogP contribution < -0.4 is 11.1 Å². The van der Waals surface area contributed by atoms with Crippen LogP contribution in [0, 0.1) is 10.1 Å². The van der Waals surface area contributed by atoms with E-state index < -0.39 is 4.92 Å². The Morgan fingerprint density at radius 3 is 0.803 bits per heavy atom. The molecular weight excluding hydrogens is 1960 g/mol. The average Bonchev–Trinajstić information content (AvgIpc) is 0.951. The van der Waals surface area contributed by atoms with Gasteiger partial charge in [0, 0.05) is 83.7 Å². The summed E-state index contributed by atoms with van der Waals surface area (Å²) in [6, 6.07) is 91.1. The average molecular weight is 2170 g/mol. The van der Waals surface area contributed by atoms with Crippen molar-refractivity contribution in [2.24, 2.45) is 5.73 Å². The summed E-state index contributed by atoms with van der Waals surface area (Å²) in [7, 11) is 3.86. The molecular formula is C115H204BrN5O4W2-2. The van der Waals surface area contributed by atoms with Gasteiger partial charge in [0.05, 0.1) is 4.92 Å². The first-order chi connectivity index (χ1) is 60.8. The molecule has 0 spiro atoms. The van der Waals surface area contributed by atoms with Gasteiger partial charge >= 0.3 is 0 Å². The third-order valence-corrected chi connectivity index (χ3v) is 12.8.